The Bertz CT molecular complexity index is 506. The first-order valence-electron chi connectivity index (χ1n) is 5.69. The summed E-state index contributed by atoms with van der Waals surface area (Å²) in [5, 5.41) is 19.7. The van der Waals surface area contributed by atoms with Crippen LogP contribution in [0.1, 0.15) is 30.4 Å². The van der Waals surface area contributed by atoms with Gasteiger partial charge in [0.1, 0.15) is 0 Å². The molecule has 1 aliphatic carbocycles. The van der Waals surface area contributed by atoms with Crippen LogP contribution >= 0.6 is 11.6 Å². The molecule has 0 radical (unpaired) electrons. The Kier molecular flexibility index (Phi) is 3.15. The van der Waals surface area contributed by atoms with Gasteiger partial charge < -0.3 is 14.9 Å². The Morgan fingerprint density at radius 3 is 2.61 bits per heavy atom. The fraction of sp³-hybridized carbons (Fsp3) is 0.462. The highest BCUT2D eigenvalue weighted by atomic mass is 35.5. The molecule has 1 fully saturated rings. The zero-order valence-corrected chi connectivity index (χ0v) is 11.0. The van der Waals surface area contributed by atoms with Crippen molar-refractivity contribution in [1.82, 2.24) is 0 Å². The molecule has 0 bridgehead atoms. The third-order valence-electron chi connectivity index (χ3n) is 3.55. The van der Waals surface area contributed by atoms with E-state index in [2.05, 4.69) is 0 Å². The smallest absolute Gasteiger partial charge is 0.304 e. The molecular formula is C13H15ClO4. The molecule has 5 heteroatoms. The van der Waals surface area contributed by atoms with E-state index < -0.39 is 11.4 Å². The molecule has 1 aliphatic rings. The lowest BCUT2D eigenvalue weighted by Gasteiger charge is -2.20. The number of ether oxygens (including phenoxy) is 1. The third kappa shape index (κ3) is 2.01. The van der Waals surface area contributed by atoms with E-state index >= 15 is 0 Å². The minimum absolute atomic E-state index is 0.00486. The molecule has 98 valence electrons. The summed E-state index contributed by atoms with van der Waals surface area (Å²) in [5.74, 6) is -0.569. The predicted molar refractivity (Wildman–Crippen MR) is 67.6 cm³/mol. The van der Waals surface area contributed by atoms with Crippen LogP contribution in [0.25, 0.3) is 0 Å². The first-order valence-corrected chi connectivity index (χ1v) is 6.07. The highest BCUT2D eigenvalue weighted by molar-refractivity contribution is 6.31. The lowest BCUT2D eigenvalue weighted by atomic mass is 9.87. The van der Waals surface area contributed by atoms with Crippen LogP contribution in [-0.2, 0) is 10.2 Å². The fourth-order valence-corrected chi connectivity index (χ4v) is 2.67. The van der Waals surface area contributed by atoms with Gasteiger partial charge in [0.2, 0.25) is 0 Å². The maximum atomic E-state index is 10.9. The number of hydrogen-bond acceptors (Lipinski definition) is 3. The predicted octanol–water partition coefficient (Wildman–Crippen LogP) is 2.87. The minimum atomic E-state index is -0.870. The Balaban J connectivity index is 2.56. The van der Waals surface area contributed by atoms with E-state index in [-0.39, 0.29) is 17.9 Å². The molecule has 0 heterocycles. The van der Waals surface area contributed by atoms with Crippen molar-refractivity contribution < 1.29 is 19.7 Å². The molecule has 0 spiro atoms. The molecule has 0 aliphatic heterocycles. The van der Waals surface area contributed by atoms with Crippen LogP contribution in [0, 0.1) is 6.92 Å². The average Bonchev–Trinajstić information content (AvgIpc) is 3.03. The number of halogens is 1. The Morgan fingerprint density at radius 2 is 2.17 bits per heavy atom. The number of rotatable bonds is 4. The molecule has 1 aromatic rings. The fourth-order valence-electron chi connectivity index (χ4n) is 2.47. The summed E-state index contributed by atoms with van der Waals surface area (Å²) in [6, 6.07) is 1.55. The van der Waals surface area contributed by atoms with Crippen LogP contribution in [-0.4, -0.2) is 23.3 Å². The standard InChI is InChI=1S/C13H15ClO4/c1-7-8(14)5-9(18-2)12(17)11(7)13(3-4-13)6-10(15)16/h5,17H,3-4,6H2,1-2H3,(H,15,16). The van der Waals surface area contributed by atoms with Gasteiger partial charge in [0.05, 0.1) is 13.5 Å². The number of aromatic hydroxyl groups is 1. The highest BCUT2D eigenvalue weighted by Gasteiger charge is 2.49. The quantitative estimate of drug-likeness (QED) is 0.883. The Morgan fingerprint density at radius 1 is 1.56 bits per heavy atom. The van der Waals surface area contributed by atoms with Crippen LogP contribution in [0.4, 0.5) is 0 Å². The van der Waals surface area contributed by atoms with Gasteiger partial charge in [-0.2, -0.15) is 0 Å². The van der Waals surface area contributed by atoms with Gasteiger partial charge in [-0.1, -0.05) is 11.6 Å². The molecule has 0 aromatic heterocycles. The van der Waals surface area contributed by atoms with E-state index in [1.54, 1.807) is 13.0 Å². The number of carboxylic acids is 1. The molecule has 2 rings (SSSR count). The SMILES string of the molecule is COc1cc(Cl)c(C)c(C2(CC(=O)O)CC2)c1O. The summed E-state index contributed by atoms with van der Waals surface area (Å²) in [6.07, 6.45) is 1.50. The van der Waals surface area contributed by atoms with Crippen molar-refractivity contribution in [2.24, 2.45) is 0 Å². The van der Waals surface area contributed by atoms with Crippen molar-refractivity contribution in [2.45, 2.75) is 31.6 Å². The molecular weight excluding hydrogens is 256 g/mol. The summed E-state index contributed by atoms with van der Waals surface area (Å²) in [7, 11) is 1.45. The average molecular weight is 271 g/mol. The number of methoxy groups -OCH3 is 1. The van der Waals surface area contributed by atoms with Crippen LogP contribution in [0.5, 0.6) is 11.5 Å². The van der Waals surface area contributed by atoms with E-state index in [9.17, 15) is 9.90 Å². The van der Waals surface area contributed by atoms with Gasteiger partial charge in [0.15, 0.2) is 11.5 Å². The van der Waals surface area contributed by atoms with Gasteiger partial charge in [-0.05, 0) is 25.3 Å². The minimum Gasteiger partial charge on any atom is -0.504 e. The summed E-state index contributed by atoms with van der Waals surface area (Å²) >= 11 is 6.10. The zero-order chi connectivity index (χ0) is 13.5. The Labute approximate surface area is 110 Å². The highest BCUT2D eigenvalue weighted by Crippen LogP contribution is 2.57. The van der Waals surface area contributed by atoms with Crippen molar-refractivity contribution in [3.8, 4) is 11.5 Å². The van der Waals surface area contributed by atoms with E-state index in [4.69, 9.17) is 21.4 Å². The number of carboxylic acid groups (broad SMARTS) is 1. The van der Waals surface area contributed by atoms with Crippen molar-refractivity contribution in [3.05, 3.63) is 22.2 Å². The van der Waals surface area contributed by atoms with Crippen molar-refractivity contribution >= 4 is 17.6 Å². The van der Waals surface area contributed by atoms with E-state index in [1.807, 2.05) is 0 Å². The van der Waals surface area contributed by atoms with Crippen molar-refractivity contribution in [2.75, 3.05) is 7.11 Å². The number of phenolic OH excluding ortho intramolecular Hbond substituents is 1. The second-order valence-electron chi connectivity index (χ2n) is 4.76. The molecule has 18 heavy (non-hydrogen) atoms. The first-order chi connectivity index (χ1) is 8.41. The maximum Gasteiger partial charge on any atom is 0.304 e. The molecule has 0 amide bonds. The number of aliphatic carboxylic acids is 1. The normalized spacial score (nSPS) is 16.4. The zero-order valence-electron chi connectivity index (χ0n) is 10.3. The number of phenols is 1. The molecule has 0 saturated heterocycles. The summed E-state index contributed by atoms with van der Waals surface area (Å²) in [5.41, 5.74) is 0.862. The lowest BCUT2D eigenvalue weighted by Crippen LogP contribution is -2.15. The van der Waals surface area contributed by atoms with Gasteiger partial charge in [-0.25, -0.2) is 0 Å². The number of carbonyl (C=O) groups is 1. The van der Waals surface area contributed by atoms with Crippen LogP contribution < -0.4 is 4.74 Å². The second-order valence-corrected chi connectivity index (χ2v) is 5.17. The monoisotopic (exact) mass is 270 g/mol. The van der Waals surface area contributed by atoms with E-state index in [1.165, 1.54) is 7.11 Å². The van der Waals surface area contributed by atoms with Gasteiger partial charge in [0.25, 0.3) is 0 Å². The largest absolute Gasteiger partial charge is 0.504 e. The van der Waals surface area contributed by atoms with E-state index in [0.717, 1.165) is 18.4 Å². The molecule has 4 nitrogen and oxygen atoms in total. The van der Waals surface area contributed by atoms with Crippen LogP contribution in [0.15, 0.2) is 6.07 Å². The first kappa shape index (κ1) is 13.0. The number of hydrogen-bond donors (Lipinski definition) is 2. The third-order valence-corrected chi connectivity index (χ3v) is 3.95. The summed E-state index contributed by atoms with van der Waals surface area (Å²) in [4.78, 5) is 10.9. The van der Waals surface area contributed by atoms with Crippen molar-refractivity contribution in [3.63, 3.8) is 0 Å². The van der Waals surface area contributed by atoms with Gasteiger partial charge in [-0.15, -0.1) is 0 Å². The molecule has 2 N–H and O–H groups in total. The van der Waals surface area contributed by atoms with Crippen molar-refractivity contribution in [1.29, 1.82) is 0 Å². The molecule has 0 atom stereocenters. The second kappa shape index (κ2) is 4.35. The Hall–Kier alpha value is -1.42. The van der Waals surface area contributed by atoms with Crippen LogP contribution in [0.2, 0.25) is 5.02 Å². The summed E-state index contributed by atoms with van der Waals surface area (Å²) < 4.78 is 5.07. The summed E-state index contributed by atoms with van der Waals surface area (Å²) in [6.45, 7) is 1.79. The number of benzene rings is 1. The van der Waals surface area contributed by atoms with Gasteiger partial charge in [0, 0.05) is 22.1 Å². The molecule has 1 saturated carbocycles. The molecule has 1 aromatic carbocycles. The lowest BCUT2D eigenvalue weighted by molar-refractivity contribution is -0.137. The van der Waals surface area contributed by atoms with Crippen LogP contribution in [0.3, 0.4) is 0 Å². The van der Waals surface area contributed by atoms with Gasteiger partial charge in [-0.3, -0.25) is 4.79 Å². The topological polar surface area (TPSA) is 66.8 Å². The van der Waals surface area contributed by atoms with Gasteiger partial charge >= 0.3 is 5.97 Å². The maximum absolute atomic E-state index is 10.9. The molecule has 0 unspecified atom stereocenters. The van der Waals surface area contributed by atoms with E-state index in [0.29, 0.717) is 10.6 Å².